The molecule has 1 fully saturated rings. The second-order valence-electron chi connectivity index (χ2n) is 5.95. The van der Waals surface area contributed by atoms with Crippen LogP contribution in [0.5, 0.6) is 0 Å². The maximum atomic E-state index is 5.88. The number of rotatable bonds is 5. The van der Waals surface area contributed by atoms with Gasteiger partial charge in [0.05, 0.1) is 0 Å². The van der Waals surface area contributed by atoms with Gasteiger partial charge in [-0.15, -0.1) is 0 Å². The first kappa shape index (κ1) is 15.2. The first-order valence-electron chi connectivity index (χ1n) is 7.80. The van der Waals surface area contributed by atoms with Crippen LogP contribution < -0.4 is 5.32 Å². The van der Waals surface area contributed by atoms with Crippen LogP contribution in [0.15, 0.2) is 6.07 Å². The summed E-state index contributed by atoms with van der Waals surface area (Å²) >= 11 is 0. The summed E-state index contributed by atoms with van der Waals surface area (Å²) in [5, 5.41) is 3.32. The summed E-state index contributed by atoms with van der Waals surface area (Å²) in [7, 11) is 1.80. The van der Waals surface area contributed by atoms with E-state index in [2.05, 4.69) is 32.2 Å². The van der Waals surface area contributed by atoms with Gasteiger partial charge < -0.3 is 10.1 Å². The number of ether oxygens (including phenoxy) is 1. The van der Waals surface area contributed by atoms with Crippen LogP contribution in [-0.2, 0) is 10.3 Å². The van der Waals surface area contributed by atoms with Crippen LogP contribution in [0.1, 0.15) is 70.3 Å². The van der Waals surface area contributed by atoms with Crippen molar-refractivity contribution in [3.63, 3.8) is 0 Å². The summed E-state index contributed by atoms with van der Waals surface area (Å²) in [4.78, 5) is 9.53. The van der Waals surface area contributed by atoms with Crippen molar-refractivity contribution in [1.29, 1.82) is 0 Å². The summed E-state index contributed by atoms with van der Waals surface area (Å²) in [5.41, 5.74) is 0.806. The summed E-state index contributed by atoms with van der Waals surface area (Å²) in [5.74, 6) is 2.18. The third-order valence-corrected chi connectivity index (χ3v) is 4.15. The molecule has 0 saturated heterocycles. The van der Waals surface area contributed by atoms with Crippen molar-refractivity contribution in [2.75, 3.05) is 19.0 Å². The molecule has 0 bridgehead atoms. The van der Waals surface area contributed by atoms with Crippen LogP contribution in [0.25, 0.3) is 0 Å². The van der Waals surface area contributed by atoms with Crippen LogP contribution in [0.4, 0.5) is 5.82 Å². The average molecular weight is 277 g/mol. The highest BCUT2D eigenvalue weighted by Gasteiger charge is 2.37. The maximum absolute atomic E-state index is 5.88. The van der Waals surface area contributed by atoms with E-state index in [1.54, 1.807) is 7.11 Å². The van der Waals surface area contributed by atoms with E-state index in [9.17, 15) is 0 Å². The van der Waals surface area contributed by atoms with E-state index in [-0.39, 0.29) is 5.60 Å². The van der Waals surface area contributed by atoms with Gasteiger partial charge in [-0.25, -0.2) is 9.97 Å². The number of nitrogens with one attached hydrogen (secondary N) is 1. The van der Waals surface area contributed by atoms with E-state index in [0.717, 1.165) is 36.7 Å². The summed E-state index contributed by atoms with van der Waals surface area (Å²) in [6, 6.07) is 2.06. The number of hydrogen-bond donors (Lipinski definition) is 1. The van der Waals surface area contributed by atoms with Gasteiger partial charge in [0.25, 0.3) is 0 Å². The van der Waals surface area contributed by atoms with E-state index in [1.165, 1.54) is 19.3 Å². The van der Waals surface area contributed by atoms with E-state index >= 15 is 0 Å². The predicted molar refractivity (Wildman–Crippen MR) is 82.1 cm³/mol. The second kappa shape index (κ2) is 6.53. The Balaban J connectivity index is 2.42. The molecule has 4 heteroatoms. The summed E-state index contributed by atoms with van der Waals surface area (Å²) in [6.07, 6.45) is 5.72. The molecule has 0 atom stereocenters. The molecule has 4 nitrogen and oxygen atoms in total. The molecule has 1 saturated carbocycles. The highest BCUT2D eigenvalue weighted by atomic mass is 16.5. The minimum atomic E-state index is -0.284. The zero-order valence-electron chi connectivity index (χ0n) is 13.2. The molecule has 0 amide bonds. The Morgan fingerprint density at radius 3 is 2.50 bits per heavy atom. The lowest BCUT2D eigenvalue weighted by atomic mass is 9.83. The van der Waals surface area contributed by atoms with E-state index in [0.29, 0.717) is 5.92 Å². The van der Waals surface area contributed by atoms with Crippen molar-refractivity contribution < 1.29 is 4.74 Å². The molecule has 1 aromatic rings. The standard InChI is InChI=1S/C16H27N3O/c1-5-17-14-11-13(12(2)3)18-15(19-14)16(20-4)9-7-6-8-10-16/h11-12H,5-10H2,1-4H3,(H,17,18,19). The highest BCUT2D eigenvalue weighted by molar-refractivity contribution is 5.37. The molecule has 1 aliphatic carbocycles. The van der Waals surface area contributed by atoms with Crippen molar-refractivity contribution >= 4 is 5.82 Å². The first-order valence-corrected chi connectivity index (χ1v) is 7.80. The van der Waals surface area contributed by atoms with Crippen molar-refractivity contribution in [2.45, 2.75) is 64.4 Å². The summed E-state index contributed by atoms with van der Waals surface area (Å²) < 4.78 is 5.88. The fourth-order valence-electron chi connectivity index (χ4n) is 2.88. The van der Waals surface area contributed by atoms with Crippen LogP contribution in [0.3, 0.4) is 0 Å². The van der Waals surface area contributed by atoms with Crippen LogP contribution in [0, 0.1) is 0 Å². The molecule has 0 unspecified atom stereocenters. The Kier molecular flexibility index (Phi) is 4.97. The van der Waals surface area contributed by atoms with Gasteiger partial charge in [-0.2, -0.15) is 0 Å². The lowest BCUT2D eigenvalue weighted by Gasteiger charge is -2.35. The molecular weight excluding hydrogens is 250 g/mol. The minimum absolute atomic E-state index is 0.284. The molecular formula is C16H27N3O. The van der Waals surface area contributed by atoms with E-state index < -0.39 is 0 Å². The Morgan fingerprint density at radius 2 is 1.95 bits per heavy atom. The van der Waals surface area contributed by atoms with E-state index in [4.69, 9.17) is 14.7 Å². The Hall–Kier alpha value is -1.16. The fourth-order valence-corrected chi connectivity index (χ4v) is 2.88. The van der Waals surface area contributed by atoms with Gasteiger partial charge in [0.1, 0.15) is 11.4 Å². The number of hydrogen-bond acceptors (Lipinski definition) is 4. The van der Waals surface area contributed by atoms with Gasteiger partial charge in [-0.3, -0.25) is 0 Å². The number of anilines is 1. The zero-order chi connectivity index (χ0) is 14.6. The topological polar surface area (TPSA) is 47.0 Å². The summed E-state index contributed by atoms with van der Waals surface area (Å²) in [6.45, 7) is 7.29. The number of methoxy groups -OCH3 is 1. The second-order valence-corrected chi connectivity index (χ2v) is 5.95. The molecule has 1 heterocycles. The maximum Gasteiger partial charge on any atom is 0.162 e. The lowest BCUT2D eigenvalue weighted by Crippen LogP contribution is -2.34. The molecule has 1 aliphatic rings. The largest absolute Gasteiger partial charge is 0.370 e. The quantitative estimate of drug-likeness (QED) is 0.888. The van der Waals surface area contributed by atoms with Gasteiger partial charge in [-0.05, 0) is 25.7 Å². The van der Waals surface area contributed by atoms with E-state index in [1.807, 2.05) is 0 Å². The molecule has 0 spiro atoms. The van der Waals surface area contributed by atoms with Crippen LogP contribution in [0.2, 0.25) is 0 Å². The molecule has 0 aromatic carbocycles. The Labute approximate surface area is 122 Å². The van der Waals surface area contributed by atoms with Gasteiger partial charge in [0.2, 0.25) is 0 Å². The molecule has 112 valence electrons. The third-order valence-electron chi connectivity index (χ3n) is 4.15. The predicted octanol–water partition coefficient (Wildman–Crippen LogP) is 3.84. The number of nitrogens with zero attached hydrogens (tertiary/aromatic N) is 2. The van der Waals surface area contributed by atoms with Crippen molar-refractivity contribution in [1.82, 2.24) is 9.97 Å². The van der Waals surface area contributed by atoms with Crippen LogP contribution in [-0.4, -0.2) is 23.6 Å². The first-order chi connectivity index (χ1) is 9.61. The molecule has 0 radical (unpaired) electrons. The normalized spacial score (nSPS) is 18.2. The monoisotopic (exact) mass is 277 g/mol. The molecule has 1 aromatic heterocycles. The molecule has 1 N–H and O–H groups in total. The number of aromatic nitrogens is 2. The lowest BCUT2D eigenvalue weighted by molar-refractivity contribution is -0.0515. The Bertz CT molecular complexity index is 439. The molecule has 2 rings (SSSR count). The molecule has 0 aliphatic heterocycles. The van der Waals surface area contributed by atoms with Gasteiger partial charge >= 0.3 is 0 Å². The highest BCUT2D eigenvalue weighted by Crippen LogP contribution is 2.39. The van der Waals surface area contributed by atoms with Gasteiger partial charge in [0, 0.05) is 25.4 Å². The average Bonchev–Trinajstić information content (AvgIpc) is 2.48. The molecule has 20 heavy (non-hydrogen) atoms. The van der Waals surface area contributed by atoms with Crippen molar-refractivity contribution in [3.8, 4) is 0 Å². The SMILES string of the molecule is CCNc1cc(C(C)C)nc(C2(OC)CCCCC2)n1. The van der Waals surface area contributed by atoms with Gasteiger partial charge in [-0.1, -0.05) is 33.1 Å². The Morgan fingerprint density at radius 1 is 1.25 bits per heavy atom. The van der Waals surface area contributed by atoms with Crippen molar-refractivity contribution in [3.05, 3.63) is 17.6 Å². The van der Waals surface area contributed by atoms with Gasteiger partial charge in [0.15, 0.2) is 5.82 Å². The fraction of sp³-hybridized carbons (Fsp3) is 0.750. The van der Waals surface area contributed by atoms with Crippen molar-refractivity contribution in [2.24, 2.45) is 0 Å². The zero-order valence-corrected chi connectivity index (χ0v) is 13.2. The minimum Gasteiger partial charge on any atom is -0.370 e. The smallest absolute Gasteiger partial charge is 0.162 e. The third kappa shape index (κ3) is 3.11. The van der Waals surface area contributed by atoms with Crippen LogP contribution >= 0.6 is 0 Å².